The summed E-state index contributed by atoms with van der Waals surface area (Å²) < 4.78 is 18.3. The lowest BCUT2D eigenvalue weighted by molar-refractivity contribution is -0.133. The molecule has 1 unspecified atom stereocenters. The third-order valence-corrected chi connectivity index (χ3v) is 8.61. The standard InChI is InChI=1S/C33H37N5O5S/c1-23-22-36(16-17-37(23)32(40)25-19-26(41-2)21-27(20-25)42-3)30(39)15-10-18-44-33-35-34-31(24-11-6-5-7-12-24)38(33)28-13-8-9-14-29(28)43-4/h5-9,11-14,19-21,23H,10,15-18,22H2,1-4H3. The Bertz CT molecular complexity index is 1570. The number of carbonyl (C=O) groups is 2. The van der Waals surface area contributed by atoms with Crippen molar-refractivity contribution in [1.82, 2.24) is 24.6 Å². The average Bonchev–Trinajstić information content (AvgIpc) is 3.49. The average molecular weight is 616 g/mol. The molecule has 0 N–H and O–H groups in total. The molecule has 11 heteroatoms. The van der Waals surface area contributed by atoms with Crippen molar-refractivity contribution in [2.24, 2.45) is 0 Å². The van der Waals surface area contributed by atoms with Crippen LogP contribution < -0.4 is 14.2 Å². The first-order valence-electron chi connectivity index (χ1n) is 14.5. The fraction of sp³-hybridized carbons (Fsp3) is 0.333. The Balaban J connectivity index is 1.19. The number of nitrogens with zero attached hydrogens (tertiary/aromatic N) is 5. The van der Waals surface area contributed by atoms with Gasteiger partial charge in [0.15, 0.2) is 11.0 Å². The van der Waals surface area contributed by atoms with Crippen molar-refractivity contribution in [3.63, 3.8) is 0 Å². The van der Waals surface area contributed by atoms with Crippen LogP contribution in [-0.2, 0) is 4.79 Å². The SMILES string of the molecule is COc1cc(OC)cc(C(=O)N2CCN(C(=O)CCCSc3nnc(-c4ccccc4)n3-c3ccccc3OC)CC2C)c1. The van der Waals surface area contributed by atoms with Crippen LogP contribution in [0.15, 0.2) is 78.0 Å². The van der Waals surface area contributed by atoms with E-state index in [1.807, 2.05) is 75.9 Å². The number of benzene rings is 3. The smallest absolute Gasteiger partial charge is 0.254 e. The quantitative estimate of drug-likeness (QED) is 0.168. The maximum Gasteiger partial charge on any atom is 0.254 e. The third kappa shape index (κ3) is 6.83. The van der Waals surface area contributed by atoms with Gasteiger partial charge in [-0.05, 0) is 37.6 Å². The van der Waals surface area contributed by atoms with Gasteiger partial charge in [-0.25, -0.2) is 0 Å². The molecule has 3 aromatic carbocycles. The van der Waals surface area contributed by atoms with E-state index in [-0.39, 0.29) is 17.9 Å². The van der Waals surface area contributed by atoms with Crippen LogP contribution in [0.25, 0.3) is 17.1 Å². The highest BCUT2D eigenvalue weighted by molar-refractivity contribution is 7.99. The molecule has 1 aliphatic rings. The lowest BCUT2D eigenvalue weighted by Gasteiger charge is -2.40. The van der Waals surface area contributed by atoms with Crippen molar-refractivity contribution in [2.75, 3.05) is 46.7 Å². The Morgan fingerprint density at radius 1 is 0.886 bits per heavy atom. The largest absolute Gasteiger partial charge is 0.497 e. The molecule has 4 aromatic rings. The first-order chi connectivity index (χ1) is 21.4. The molecule has 1 aliphatic heterocycles. The van der Waals surface area contributed by atoms with Crippen molar-refractivity contribution < 1.29 is 23.8 Å². The molecule has 1 fully saturated rings. The normalized spacial score (nSPS) is 14.8. The Labute approximate surface area is 261 Å². The van der Waals surface area contributed by atoms with Gasteiger partial charge in [-0.3, -0.25) is 14.2 Å². The minimum Gasteiger partial charge on any atom is -0.497 e. The summed E-state index contributed by atoms with van der Waals surface area (Å²) in [7, 11) is 4.76. The van der Waals surface area contributed by atoms with E-state index in [0.717, 1.165) is 28.0 Å². The van der Waals surface area contributed by atoms with Crippen LogP contribution in [0.4, 0.5) is 0 Å². The van der Waals surface area contributed by atoms with Crippen molar-refractivity contribution >= 4 is 23.6 Å². The summed E-state index contributed by atoms with van der Waals surface area (Å²) in [6.07, 6.45) is 1.09. The summed E-state index contributed by atoms with van der Waals surface area (Å²) in [5.41, 5.74) is 2.30. The Kier molecular flexibility index (Phi) is 10.1. The van der Waals surface area contributed by atoms with Gasteiger partial charge in [0.05, 0.1) is 27.0 Å². The maximum atomic E-state index is 13.3. The number of hydrogen-bond acceptors (Lipinski definition) is 8. The summed E-state index contributed by atoms with van der Waals surface area (Å²) in [6.45, 7) is 3.41. The van der Waals surface area contributed by atoms with Gasteiger partial charge in [-0.1, -0.05) is 54.2 Å². The predicted octanol–water partition coefficient (Wildman–Crippen LogP) is 5.21. The topological polar surface area (TPSA) is 99.0 Å². The first kappa shape index (κ1) is 30.9. The number of piperazine rings is 1. The fourth-order valence-corrected chi connectivity index (χ4v) is 6.18. The molecule has 5 rings (SSSR count). The van der Waals surface area contributed by atoms with Gasteiger partial charge in [0, 0.05) is 55.0 Å². The number of amides is 2. The second kappa shape index (κ2) is 14.3. The Morgan fingerprint density at radius 3 is 2.27 bits per heavy atom. The molecule has 0 saturated carbocycles. The molecule has 0 bridgehead atoms. The van der Waals surface area contributed by atoms with Gasteiger partial charge >= 0.3 is 0 Å². The highest BCUT2D eigenvalue weighted by Crippen LogP contribution is 2.33. The second-order valence-electron chi connectivity index (χ2n) is 10.4. The number of hydrogen-bond donors (Lipinski definition) is 0. The molecule has 2 heterocycles. The zero-order valence-electron chi connectivity index (χ0n) is 25.4. The van der Waals surface area contributed by atoms with E-state index < -0.39 is 0 Å². The summed E-state index contributed by atoms with van der Waals surface area (Å²) in [4.78, 5) is 30.1. The van der Waals surface area contributed by atoms with Crippen LogP contribution in [0.1, 0.15) is 30.1 Å². The van der Waals surface area contributed by atoms with Gasteiger partial charge in [-0.2, -0.15) is 0 Å². The van der Waals surface area contributed by atoms with E-state index in [2.05, 4.69) is 10.2 Å². The molecule has 0 aliphatic carbocycles. The summed E-state index contributed by atoms with van der Waals surface area (Å²) in [6, 6.07) is 22.8. The molecule has 230 valence electrons. The van der Waals surface area contributed by atoms with E-state index in [0.29, 0.717) is 55.3 Å². The number of aromatic nitrogens is 3. The van der Waals surface area contributed by atoms with Crippen LogP contribution in [0, 0.1) is 0 Å². The lowest BCUT2D eigenvalue weighted by atomic mass is 10.1. The summed E-state index contributed by atoms with van der Waals surface area (Å²) in [5.74, 6) is 3.24. The van der Waals surface area contributed by atoms with Crippen LogP contribution in [-0.4, -0.2) is 89.1 Å². The van der Waals surface area contributed by atoms with Gasteiger partial charge in [0.2, 0.25) is 5.91 Å². The fourth-order valence-electron chi connectivity index (χ4n) is 5.30. The molecule has 2 amide bonds. The Morgan fingerprint density at radius 2 is 1.59 bits per heavy atom. The zero-order chi connectivity index (χ0) is 31.1. The second-order valence-corrected chi connectivity index (χ2v) is 11.5. The molecule has 1 atom stereocenters. The number of rotatable bonds is 11. The molecule has 1 saturated heterocycles. The van der Waals surface area contributed by atoms with Gasteiger partial charge in [-0.15, -0.1) is 10.2 Å². The van der Waals surface area contributed by atoms with E-state index in [1.165, 1.54) is 0 Å². The zero-order valence-corrected chi connectivity index (χ0v) is 26.3. The van der Waals surface area contributed by atoms with Crippen molar-refractivity contribution in [3.05, 3.63) is 78.4 Å². The molecular formula is C33H37N5O5S. The van der Waals surface area contributed by atoms with E-state index >= 15 is 0 Å². The van der Waals surface area contributed by atoms with Crippen molar-refractivity contribution in [3.8, 4) is 34.3 Å². The van der Waals surface area contributed by atoms with Crippen molar-refractivity contribution in [1.29, 1.82) is 0 Å². The van der Waals surface area contributed by atoms with Gasteiger partial charge < -0.3 is 24.0 Å². The minimum atomic E-state index is -0.123. The predicted molar refractivity (Wildman–Crippen MR) is 170 cm³/mol. The monoisotopic (exact) mass is 615 g/mol. The molecule has 0 radical (unpaired) electrons. The number of thioether (sulfide) groups is 1. The Hall–Kier alpha value is -4.51. The number of para-hydroxylation sites is 2. The maximum absolute atomic E-state index is 13.3. The molecule has 1 aromatic heterocycles. The molecular weight excluding hydrogens is 578 g/mol. The summed E-state index contributed by atoms with van der Waals surface area (Å²) in [5, 5.41) is 9.75. The number of ether oxygens (including phenoxy) is 3. The number of carbonyl (C=O) groups excluding carboxylic acids is 2. The first-order valence-corrected chi connectivity index (χ1v) is 15.5. The van der Waals surface area contributed by atoms with E-state index in [4.69, 9.17) is 14.2 Å². The van der Waals surface area contributed by atoms with Crippen molar-refractivity contribution in [2.45, 2.75) is 31.0 Å². The molecule has 10 nitrogen and oxygen atoms in total. The highest BCUT2D eigenvalue weighted by atomic mass is 32.2. The van der Waals surface area contributed by atoms with Crippen LogP contribution in [0.5, 0.6) is 17.2 Å². The van der Waals surface area contributed by atoms with Crippen LogP contribution in [0.2, 0.25) is 0 Å². The van der Waals surface area contributed by atoms with Crippen LogP contribution >= 0.6 is 11.8 Å². The highest BCUT2D eigenvalue weighted by Gasteiger charge is 2.30. The van der Waals surface area contributed by atoms with Gasteiger partial charge in [0.1, 0.15) is 17.2 Å². The van der Waals surface area contributed by atoms with Gasteiger partial charge in [0.25, 0.3) is 5.91 Å². The summed E-state index contributed by atoms with van der Waals surface area (Å²) >= 11 is 1.56. The third-order valence-electron chi connectivity index (χ3n) is 7.60. The number of methoxy groups -OCH3 is 3. The van der Waals surface area contributed by atoms with E-state index in [1.54, 1.807) is 51.3 Å². The van der Waals surface area contributed by atoms with Crippen LogP contribution in [0.3, 0.4) is 0 Å². The lowest BCUT2D eigenvalue weighted by Crippen LogP contribution is -2.55. The van der Waals surface area contributed by atoms with E-state index in [9.17, 15) is 9.59 Å². The minimum absolute atomic E-state index is 0.0868. The molecule has 0 spiro atoms. The molecule has 44 heavy (non-hydrogen) atoms.